The van der Waals surface area contributed by atoms with Gasteiger partial charge in [0.25, 0.3) is 11.8 Å². The molecule has 214 valence electrons. The highest BCUT2D eigenvalue weighted by molar-refractivity contribution is 6.00. The van der Waals surface area contributed by atoms with E-state index in [4.69, 9.17) is 9.47 Å². The third kappa shape index (κ3) is 6.35. The highest BCUT2D eigenvalue weighted by atomic mass is 19.4. The smallest absolute Gasteiger partial charge is 0.416 e. The fourth-order valence-electron chi connectivity index (χ4n) is 4.79. The molecule has 0 bridgehead atoms. The van der Waals surface area contributed by atoms with Crippen molar-refractivity contribution in [3.8, 4) is 11.5 Å². The molecule has 2 heterocycles. The van der Waals surface area contributed by atoms with E-state index in [1.807, 2.05) is 23.9 Å². The van der Waals surface area contributed by atoms with E-state index in [0.29, 0.717) is 49.7 Å². The lowest BCUT2D eigenvalue weighted by Gasteiger charge is -2.39. The topological polar surface area (TPSA) is 85.7 Å². The SMILES string of the molecule is COCCNC(=O)c1ccc2nn(CC3CN(C(=O)c4ccc(Oc5ccc(C(F)(F)F)cc5)cc4)C3)cc2c1C. The largest absolute Gasteiger partial charge is 0.457 e. The minimum atomic E-state index is -4.41. The third-order valence-corrected chi connectivity index (χ3v) is 7.05. The standard InChI is InChI=1S/C30H29F3N4O4/c1-19-25(28(38)34-13-14-40-2)11-12-27-26(19)18-37(35-27)17-20-15-36(16-20)29(39)21-3-7-23(8-4-21)41-24-9-5-22(6-10-24)30(31,32)33/h3-12,18,20H,13-17H2,1-2H3,(H,34,38). The van der Waals surface area contributed by atoms with Gasteiger partial charge in [-0.15, -0.1) is 0 Å². The number of ether oxygens (including phenoxy) is 2. The number of nitrogens with one attached hydrogen (secondary N) is 1. The zero-order chi connectivity index (χ0) is 29.1. The fourth-order valence-corrected chi connectivity index (χ4v) is 4.79. The van der Waals surface area contributed by atoms with E-state index < -0.39 is 11.7 Å². The average Bonchev–Trinajstić information content (AvgIpc) is 3.34. The number of hydrogen-bond donors (Lipinski definition) is 1. The van der Waals surface area contributed by atoms with Crippen LogP contribution in [0.5, 0.6) is 11.5 Å². The Labute approximate surface area is 234 Å². The summed E-state index contributed by atoms with van der Waals surface area (Å²) in [4.78, 5) is 27.2. The molecule has 1 N–H and O–H groups in total. The molecule has 1 saturated heterocycles. The van der Waals surface area contributed by atoms with Crippen LogP contribution in [0.2, 0.25) is 0 Å². The van der Waals surface area contributed by atoms with Crippen molar-refractivity contribution in [1.82, 2.24) is 20.0 Å². The summed E-state index contributed by atoms with van der Waals surface area (Å²) in [6, 6.07) is 14.6. The number of halogens is 3. The molecule has 4 aromatic rings. The van der Waals surface area contributed by atoms with Crippen molar-refractivity contribution in [2.45, 2.75) is 19.6 Å². The minimum Gasteiger partial charge on any atom is -0.457 e. The van der Waals surface area contributed by atoms with Gasteiger partial charge in [0.15, 0.2) is 0 Å². The van der Waals surface area contributed by atoms with E-state index in [1.54, 1.807) is 42.3 Å². The van der Waals surface area contributed by atoms with E-state index in [-0.39, 0.29) is 23.5 Å². The first-order valence-electron chi connectivity index (χ1n) is 13.1. The third-order valence-electron chi connectivity index (χ3n) is 7.05. The molecule has 11 heteroatoms. The first-order chi connectivity index (χ1) is 19.6. The molecule has 0 aliphatic carbocycles. The molecular formula is C30H29F3N4O4. The van der Waals surface area contributed by atoms with Gasteiger partial charge in [-0.3, -0.25) is 14.3 Å². The Morgan fingerprint density at radius 2 is 1.66 bits per heavy atom. The van der Waals surface area contributed by atoms with Crippen molar-refractivity contribution < 1.29 is 32.2 Å². The van der Waals surface area contributed by atoms with Gasteiger partial charge in [0.1, 0.15) is 11.5 Å². The summed E-state index contributed by atoms with van der Waals surface area (Å²) in [7, 11) is 1.58. The summed E-state index contributed by atoms with van der Waals surface area (Å²) in [6.07, 6.45) is -2.47. The van der Waals surface area contributed by atoms with Gasteiger partial charge in [-0.2, -0.15) is 18.3 Å². The Hall–Kier alpha value is -4.38. The van der Waals surface area contributed by atoms with E-state index in [9.17, 15) is 22.8 Å². The van der Waals surface area contributed by atoms with Crippen LogP contribution in [-0.4, -0.2) is 59.8 Å². The number of hydrogen-bond acceptors (Lipinski definition) is 5. The molecule has 1 fully saturated rings. The summed E-state index contributed by atoms with van der Waals surface area (Å²) in [5.41, 5.74) is 2.02. The van der Waals surface area contributed by atoms with Gasteiger partial charge in [-0.25, -0.2) is 0 Å². The predicted octanol–water partition coefficient (Wildman–Crippen LogP) is 5.30. The highest BCUT2D eigenvalue weighted by Gasteiger charge is 2.32. The number of rotatable bonds is 9. The normalized spacial score (nSPS) is 13.7. The first-order valence-corrected chi connectivity index (χ1v) is 13.1. The summed E-state index contributed by atoms with van der Waals surface area (Å²) in [5, 5.41) is 8.41. The highest BCUT2D eigenvalue weighted by Crippen LogP contribution is 2.32. The second-order valence-corrected chi connectivity index (χ2v) is 10.00. The number of fused-ring (bicyclic) bond motifs is 1. The van der Waals surface area contributed by atoms with Crippen molar-refractivity contribution in [2.24, 2.45) is 5.92 Å². The number of benzene rings is 3. The number of aromatic nitrogens is 2. The molecule has 0 unspecified atom stereocenters. The molecule has 3 aromatic carbocycles. The summed E-state index contributed by atoms with van der Waals surface area (Å²) in [6.45, 7) is 4.60. The lowest BCUT2D eigenvalue weighted by Crippen LogP contribution is -2.51. The second-order valence-electron chi connectivity index (χ2n) is 10.00. The molecule has 1 aliphatic rings. The zero-order valence-electron chi connectivity index (χ0n) is 22.6. The number of alkyl halides is 3. The van der Waals surface area contributed by atoms with Gasteiger partial charge in [0.05, 0.1) is 17.7 Å². The van der Waals surface area contributed by atoms with Crippen LogP contribution in [-0.2, 0) is 17.5 Å². The average molecular weight is 567 g/mol. The first kappa shape index (κ1) is 28.2. The molecule has 41 heavy (non-hydrogen) atoms. The molecule has 0 radical (unpaired) electrons. The maximum absolute atomic E-state index is 12.9. The van der Waals surface area contributed by atoms with E-state index in [1.165, 1.54) is 12.1 Å². The van der Waals surface area contributed by atoms with Gasteiger partial charge in [-0.1, -0.05) is 0 Å². The van der Waals surface area contributed by atoms with Crippen LogP contribution in [0, 0.1) is 12.8 Å². The molecule has 8 nitrogen and oxygen atoms in total. The number of likely N-dealkylation sites (tertiary alicyclic amines) is 1. The molecule has 5 rings (SSSR count). The monoisotopic (exact) mass is 566 g/mol. The fraction of sp³-hybridized carbons (Fsp3) is 0.300. The molecule has 0 atom stereocenters. The number of amides is 2. The van der Waals surface area contributed by atoms with Gasteiger partial charge in [-0.05, 0) is 73.2 Å². The minimum absolute atomic E-state index is 0.104. The van der Waals surface area contributed by atoms with Gasteiger partial charge >= 0.3 is 6.18 Å². The number of nitrogens with zero attached hydrogens (tertiary/aromatic N) is 3. The molecule has 2 amide bonds. The van der Waals surface area contributed by atoms with Crippen LogP contribution in [0.3, 0.4) is 0 Å². The number of aryl methyl sites for hydroxylation is 1. The van der Waals surface area contributed by atoms with Crippen molar-refractivity contribution in [3.63, 3.8) is 0 Å². The number of carbonyl (C=O) groups excluding carboxylic acids is 2. The Kier molecular flexibility index (Phi) is 7.98. The Bertz CT molecular complexity index is 1540. The lowest BCUT2D eigenvalue weighted by atomic mass is 9.99. The summed E-state index contributed by atoms with van der Waals surface area (Å²) in [5.74, 6) is 0.673. The Morgan fingerprint density at radius 1 is 1.00 bits per heavy atom. The number of carbonyl (C=O) groups is 2. The maximum atomic E-state index is 12.9. The van der Waals surface area contributed by atoms with Crippen molar-refractivity contribution in [2.75, 3.05) is 33.4 Å². The van der Waals surface area contributed by atoms with Gasteiger partial charge < -0.3 is 19.7 Å². The van der Waals surface area contributed by atoms with Crippen LogP contribution >= 0.6 is 0 Å². The van der Waals surface area contributed by atoms with Gasteiger partial charge in [0.2, 0.25) is 0 Å². The van der Waals surface area contributed by atoms with Crippen molar-refractivity contribution in [1.29, 1.82) is 0 Å². The van der Waals surface area contributed by atoms with Gasteiger partial charge in [0, 0.05) is 61.9 Å². The van der Waals surface area contributed by atoms with E-state index in [0.717, 1.165) is 28.6 Å². The second kappa shape index (κ2) is 11.6. The Balaban J connectivity index is 1.14. The lowest BCUT2D eigenvalue weighted by molar-refractivity contribution is -0.137. The van der Waals surface area contributed by atoms with Crippen LogP contribution in [0.25, 0.3) is 10.9 Å². The van der Waals surface area contributed by atoms with E-state index >= 15 is 0 Å². The summed E-state index contributed by atoms with van der Waals surface area (Å²) >= 11 is 0. The van der Waals surface area contributed by atoms with Crippen LogP contribution in [0.4, 0.5) is 13.2 Å². The maximum Gasteiger partial charge on any atom is 0.416 e. The molecule has 0 saturated carbocycles. The van der Waals surface area contributed by atoms with Crippen LogP contribution in [0.1, 0.15) is 31.8 Å². The van der Waals surface area contributed by atoms with E-state index in [2.05, 4.69) is 10.4 Å². The summed E-state index contributed by atoms with van der Waals surface area (Å²) < 4.78 is 50.7. The number of methoxy groups -OCH3 is 1. The van der Waals surface area contributed by atoms with Crippen LogP contribution in [0.15, 0.2) is 66.9 Å². The quantitative estimate of drug-likeness (QED) is 0.278. The molecular weight excluding hydrogens is 537 g/mol. The van der Waals surface area contributed by atoms with Crippen LogP contribution < -0.4 is 10.1 Å². The zero-order valence-corrected chi connectivity index (χ0v) is 22.6. The Morgan fingerprint density at radius 3 is 2.29 bits per heavy atom. The molecule has 1 aromatic heterocycles. The van der Waals surface area contributed by atoms with Crippen molar-refractivity contribution >= 4 is 22.7 Å². The molecule has 0 spiro atoms. The molecule has 1 aliphatic heterocycles. The van der Waals surface area contributed by atoms with Crippen molar-refractivity contribution in [3.05, 3.63) is 89.1 Å². The predicted molar refractivity (Wildman–Crippen MR) is 146 cm³/mol.